The topological polar surface area (TPSA) is 41.1 Å². The van der Waals surface area contributed by atoms with Crippen molar-refractivity contribution in [2.75, 3.05) is 13.1 Å². The van der Waals surface area contributed by atoms with Gasteiger partial charge in [-0.2, -0.15) is 13.2 Å². The Morgan fingerprint density at radius 3 is 2.62 bits per heavy atom. The van der Waals surface area contributed by atoms with Gasteiger partial charge in [-0.05, 0) is 19.8 Å². The van der Waals surface area contributed by atoms with E-state index in [9.17, 15) is 18.0 Å². The maximum atomic E-state index is 11.8. The maximum Gasteiger partial charge on any atom is 0.390 e. The number of nitrogens with one attached hydrogen (secondary N) is 2. The smallest absolute Gasteiger partial charge is 0.355 e. The first-order valence-electron chi connectivity index (χ1n) is 5.46. The van der Waals surface area contributed by atoms with E-state index in [0.717, 1.165) is 12.8 Å². The Hall–Kier alpha value is -0.780. The summed E-state index contributed by atoms with van der Waals surface area (Å²) < 4.78 is 35.5. The summed E-state index contributed by atoms with van der Waals surface area (Å²) in [6, 6.07) is 0.388. The van der Waals surface area contributed by atoms with Gasteiger partial charge in [0.25, 0.3) is 0 Å². The van der Waals surface area contributed by atoms with Gasteiger partial charge in [0.2, 0.25) is 5.91 Å². The van der Waals surface area contributed by atoms with Gasteiger partial charge in [0.15, 0.2) is 0 Å². The number of hydrogen-bond acceptors (Lipinski definition) is 2. The van der Waals surface area contributed by atoms with E-state index in [1.54, 1.807) is 0 Å². The van der Waals surface area contributed by atoms with Crippen LogP contribution in [0.5, 0.6) is 0 Å². The molecule has 3 nitrogen and oxygen atoms in total. The Morgan fingerprint density at radius 1 is 1.44 bits per heavy atom. The van der Waals surface area contributed by atoms with Crippen LogP contribution < -0.4 is 10.6 Å². The van der Waals surface area contributed by atoms with Crippen LogP contribution in [0.4, 0.5) is 13.2 Å². The minimum absolute atomic E-state index is 0.190. The van der Waals surface area contributed by atoms with E-state index >= 15 is 0 Å². The average molecular weight is 238 g/mol. The zero-order valence-electron chi connectivity index (χ0n) is 9.23. The molecule has 2 N–H and O–H groups in total. The number of hydrogen-bond donors (Lipinski definition) is 2. The average Bonchev–Trinajstić information content (AvgIpc) is 2.16. The lowest BCUT2D eigenvalue weighted by atomic mass is 9.95. The maximum absolute atomic E-state index is 11.8. The molecule has 1 saturated heterocycles. The number of carbonyl (C=O) groups is 1. The first kappa shape index (κ1) is 13.3. The van der Waals surface area contributed by atoms with Crippen LogP contribution in [0.2, 0.25) is 0 Å². The van der Waals surface area contributed by atoms with Crippen molar-refractivity contribution >= 4 is 5.91 Å². The van der Waals surface area contributed by atoms with Crippen LogP contribution in [0.1, 0.15) is 26.2 Å². The molecule has 2 atom stereocenters. The second kappa shape index (κ2) is 5.52. The molecule has 94 valence electrons. The number of rotatable bonds is 3. The highest BCUT2D eigenvalue weighted by Crippen LogP contribution is 2.18. The largest absolute Gasteiger partial charge is 0.390 e. The Balaban J connectivity index is 2.20. The lowest BCUT2D eigenvalue weighted by Gasteiger charge is -2.26. The molecule has 16 heavy (non-hydrogen) atoms. The lowest BCUT2D eigenvalue weighted by Crippen LogP contribution is -2.44. The summed E-state index contributed by atoms with van der Waals surface area (Å²) >= 11 is 0. The molecule has 1 heterocycles. The molecule has 0 aromatic carbocycles. The van der Waals surface area contributed by atoms with E-state index in [1.807, 2.05) is 6.92 Å². The summed E-state index contributed by atoms with van der Waals surface area (Å²) in [5.41, 5.74) is 0. The molecule has 2 unspecified atom stereocenters. The van der Waals surface area contributed by atoms with E-state index < -0.39 is 12.6 Å². The van der Waals surface area contributed by atoms with Crippen LogP contribution >= 0.6 is 0 Å². The summed E-state index contributed by atoms with van der Waals surface area (Å²) in [4.78, 5) is 11.5. The summed E-state index contributed by atoms with van der Waals surface area (Å²) in [7, 11) is 0. The first-order chi connectivity index (χ1) is 7.38. The fourth-order valence-corrected chi connectivity index (χ4v) is 1.69. The number of carbonyl (C=O) groups excluding carboxylic acids is 1. The molecule has 1 amide bonds. The van der Waals surface area contributed by atoms with Crippen molar-refractivity contribution in [1.82, 2.24) is 10.6 Å². The van der Waals surface area contributed by atoms with Crippen molar-refractivity contribution in [3.63, 3.8) is 0 Å². The Bertz CT molecular complexity index is 235. The van der Waals surface area contributed by atoms with Gasteiger partial charge in [-0.3, -0.25) is 4.79 Å². The van der Waals surface area contributed by atoms with E-state index in [1.165, 1.54) is 0 Å². The van der Waals surface area contributed by atoms with Crippen LogP contribution in [-0.4, -0.2) is 31.2 Å². The van der Waals surface area contributed by atoms with Crippen LogP contribution in [0.15, 0.2) is 0 Å². The zero-order valence-corrected chi connectivity index (χ0v) is 9.23. The van der Waals surface area contributed by atoms with Crippen molar-refractivity contribution in [3.8, 4) is 0 Å². The van der Waals surface area contributed by atoms with Crippen LogP contribution in [-0.2, 0) is 4.79 Å². The molecule has 0 aromatic heterocycles. The molecule has 1 aliphatic heterocycles. The summed E-state index contributed by atoms with van der Waals surface area (Å²) in [6.45, 7) is 2.26. The summed E-state index contributed by atoms with van der Waals surface area (Å²) in [5.74, 6) is -0.465. The molecule has 0 aromatic rings. The van der Waals surface area contributed by atoms with E-state index in [4.69, 9.17) is 0 Å². The molecular weight excluding hydrogens is 221 g/mol. The molecule has 0 aliphatic carbocycles. The monoisotopic (exact) mass is 238 g/mol. The van der Waals surface area contributed by atoms with Gasteiger partial charge in [0.05, 0.1) is 12.3 Å². The van der Waals surface area contributed by atoms with Crippen molar-refractivity contribution in [2.24, 2.45) is 5.92 Å². The van der Waals surface area contributed by atoms with Gasteiger partial charge in [-0.25, -0.2) is 0 Å². The van der Waals surface area contributed by atoms with Gasteiger partial charge in [0.1, 0.15) is 0 Å². The quantitative estimate of drug-likeness (QED) is 0.781. The van der Waals surface area contributed by atoms with Gasteiger partial charge in [-0.15, -0.1) is 0 Å². The molecule has 0 saturated carbocycles. The van der Waals surface area contributed by atoms with E-state index in [0.29, 0.717) is 12.6 Å². The van der Waals surface area contributed by atoms with Gasteiger partial charge in [0, 0.05) is 19.1 Å². The van der Waals surface area contributed by atoms with Crippen molar-refractivity contribution in [3.05, 3.63) is 0 Å². The molecule has 0 spiro atoms. The molecular formula is C10H17F3N2O. The highest BCUT2D eigenvalue weighted by atomic mass is 19.4. The Morgan fingerprint density at radius 2 is 2.12 bits per heavy atom. The van der Waals surface area contributed by atoms with E-state index in [-0.39, 0.29) is 18.4 Å². The predicted molar refractivity (Wildman–Crippen MR) is 53.9 cm³/mol. The fourth-order valence-electron chi connectivity index (χ4n) is 1.69. The normalized spacial score (nSPS) is 26.5. The molecule has 1 fully saturated rings. The van der Waals surface area contributed by atoms with Crippen LogP contribution in [0.3, 0.4) is 0 Å². The summed E-state index contributed by atoms with van der Waals surface area (Å²) in [5, 5.41) is 5.46. The summed E-state index contributed by atoms with van der Waals surface area (Å²) in [6.07, 6.45) is -3.54. The van der Waals surface area contributed by atoms with Gasteiger partial charge in [-0.1, -0.05) is 0 Å². The molecule has 1 rings (SSSR count). The molecule has 6 heteroatoms. The third kappa shape index (κ3) is 4.83. The number of halogens is 3. The van der Waals surface area contributed by atoms with Crippen LogP contribution in [0.25, 0.3) is 0 Å². The van der Waals surface area contributed by atoms with E-state index in [2.05, 4.69) is 10.6 Å². The van der Waals surface area contributed by atoms with Gasteiger partial charge >= 0.3 is 6.18 Å². The molecule has 0 bridgehead atoms. The SMILES string of the molecule is CC1CCC(C(=O)NCCC(F)(F)F)CN1. The minimum Gasteiger partial charge on any atom is -0.355 e. The highest BCUT2D eigenvalue weighted by molar-refractivity contribution is 5.78. The van der Waals surface area contributed by atoms with Crippen molar-refractivity contribution in [2.45, 2.75) is 38.4 Å². The fraction of sp³-hybridized carbons (Fsp3) is 0.900. The number of amides is 1. The van der Waals surface area contributed by atoms with Crippen LogP contribution in [0, 0.1) is 5.92 Å². The third-order valence-electron chi connectivity index (χ3n) is 2.74. The third-order valence-corrected chi connectivity index (χ3v) is 2.74. The second-order valence-corrected chi connectivity index (χ2v) is 4.24. The van der Waals surface area contributed by atoms with Crippen molar-refractivity contribution < 1.29 is 18.0 Å². The Kier molecular flexibility index (Phi) is 4.58. The van der Waals surface area contributed by atoms with Gasteiger partial charge < -0.3 is 10.6 Å². The van der Waals surface area contributed by atoms with Crippen molar-refractivity contribution in [1.29, 1.82) is 0 Å². The standard InChI is InChI=1S/C10H17F3N2O/c1-7-2-3-8(6-15-7)9(16)14-5-4-10(11,12)13/h7-8,15H,2-6H2,1H3,(H,14,16). The first-order valence-corrected chi connectivity index (χ1v) is 5.46. The number of alkyl halides is 3. The molecule has 0 radical (unpaired) electrons. The predicted octanol–water partition coefficient (Wildman–Crippen LogP) is 1.44. The zero-order chi connectivity index (χ0) is 12.2. The highest BCUT2D eigenvalue weighted by Gasteiger charge is 2.28. The number of piperidine rings is 1. The molecule has 1 aliphatic rings. The lowest BCUT2D eigenvalue weighted by molar-refractivity contribution is -0.136. The Labute approximate surface area is 92.8 Å². The minimum atomic E-state index is -4.20. The second-order valence-electron chi connectivity index (χ2n) is 4.24.